The largest absolute Gasteiger partial charge is 0.507 e. The summed E-state index contributed by atoms with van der Waals surface area (Å²) in [5, 5.41) is 10.1. The Morgan fingerprint density at radius 3 is 2.39 bits per heavy atom. The number of allylic oxidation sites excluding steroid dienone is 1. The van der Waals surface area contributed by atoms with Crippen LogP contribution >= 0.6 is 0 Å². The van der Waals surface area contributed by atoms with E-state index in [1.54, 1.807) is 5.92 Å². The molecule has 3 atom stereocenters. The Morgan fingerprint density at radius 2 is 1.94 bits per heavy atom. The Balaban J connectivity index is 3.44. The lowest BCUT2D eigenvalue weighted by molar-refractivity contribution is -0.326. The van der Waals surface area contributed by atoms with Crippen LogP contribution in [0, 0.1) is 11.8 Å². The number of alkyl halides is 5. The van der Waals surface area contributed by atoms with Gasteiger partial charge in [0, 0.05) is 0 Å². The predicted octanol–water partition coefficient (Wildman–Crippen LogP) is 1.29. The van der Waals surface area contributed by atoms with Crippen LogP contribution in [0.15, 0.2) is 12.2 Å². The summed E-state index contributed by atoms with van der Waals surface area (Å²) in [6, 6.07) is 0. The van der Waals surface area contributed by atoms with E-state index in [0.29, 0.717) is 0 Å². The fraction of sp³-hybridized carbons (Fsp3) is 0.500. The molecule has 3 unspecified atom stereocenters. The number of carboxylic acid groups (broad SMARTS) is 1. The SMILES string of the molecule is CC#CC1(F)C(F)(OC(=O)[O-])C=CC(F)C1(F)F. The lowest BCUT2D eigenvalue weighted by atomic mass is 9.82. The van der Waals surface area contributed by atoms with E-state index in [1.165, 1.54) is 0 Å². The molecule has 100 valence electrons. The molecule has 0 fully saturated rings. The number of halogens is 5. The van der Waals surface area contributed by atoms with Crippen LogP contribution in [0.2, 0.25) is 0 Å². The number of carbonyl (C=O) groups excluding carboxylic acids is 1. The van der Waals surface area contributed by atoms with Gasteiger partial charge in [0.25, 0.3) is 17.7 Å². The maximum Gasteiger partial charge on any atom is 0.332 e. The summed E-state index contributed by atoms with van der Waals surface area (Å²) in [6.45, 7) is 0.891. The van der Waals surface area contributed by atoms with E-state index in [1.807, 2.05) is 0 Å². The summed E-state index contributed by atoms with van der Waals surface area (Å²) in [6.07, 6.45) is -5.90. The molecule has 0 bridgehead atoms. The molecule has 0 saturated heterocycles. The lowest BCUT2D eigenvalue weighted by Gasteiger charge is -2.43. The number of hydrogen-bond donors (Lipinski definition) is 0. The highest BCUT2D eigenvalue weighted by atomic mass is 19.3. The fourth-order valence-corrected chi connectivity index (χ4v) is 1.43. The van der Waals surface area contributed by atoms with E-state index in [-0.39, 0.29) is 12.2 Å². The number of rotatable bonds is 1. The standard InChI is InChI=1S/C10H7F5O3/c1-2-4-8(12)9(13,18-7(16)17)5-3-6(11)10(8,14)15/h3,5-6H,1H3,(H,16,17)/p-1. The fourth-order valence-electron chi connectivity index (χ4n) is 1.43. The van der Waals surface area contributed by atoms with Crippen molar-refractivity contribution < 1.29 is 36.6 Å². The third-order valence-corrected chi connectivity index (χ3v) is 2.28. The first kappa shape index (κ1) is 14.3. The molecule has 3 nitrogen and oxygen atoms in total. The van der Waals surface area contributed by atoms with Gasteiger partial charge < -0.3 is 14.6 Å². The summed E-state index contributed by atoms with van der Waals surface area (Å²) < 4.78 is 70.9. The number of carbonyl (C=O) groups is 1. The Bertz CT molecular complexity index is 452. The van der Waals surface area contributed by atoms with E-state index in [9.17, 15) is 31.9 Å². The zero-order valence-electron chi connectivity index (χ0n) is 8.85. The van der Waals surface area contributed by atoms with E-state index in [2.05, 4.69) is 4.74 Å². The van der Waals surface area contributed by atoms with Gasteiger partial charge in [-0.05, 0) is 19.1 Å². The van der Waals surface area contributed by atoms with E-state index in [4.69, 9.17) is 0 Å². The van der Waals surface area contributed by atoms with Crippen LogP contribution in [0.3, 0.4) is 0 Å². The normalized spacial score (nSPS) is 37.6. The van der Waals surface area contributed by atoms with Gasteiger partial charge >= 0.3 is 5.92 Å². The molecule has 8 heteroatoms. The monoisotopic (exact) mass is 269 g/mol. The van der Waals surface area contributed by atoms with Crippen molar-refractivity contribution in [3.05, 3.63) is 12.2 Å². The van der Waals surface area contributed by atoms with Crippen molar-refractivity contribution >= 4 is 6.16 Å². The summed E-state index contributed by atoms with van der Waals surface area (Å²) >= 11 is 0. The van der Waals surface area contributed by atoms with Gasteiger partial charge in [-0.3, -0.25) is 0 Å². The van der Waals surface area contributed by atoms with Gasteiger partial charge in [0.1, 0.15) is 0 Å². The third kappa shape index (κ3) is 1.79. The van der Waals surface area contributed by atoms with Gasteiger partial charge in [-0.15, -0.1) is 5.92 Å². The van der Waals surface area contributed by atoms with Crippen molar-refractivity contribution in [2.24, 2.45) is 0 Å². The Kier molecular flexibility index (Phi) is 3.30. The molecule has 1 aliphatic rings. The number of ether oxygens (including phenoxy) is 1. The topological polar surface area (TPSA) is 49.4 Å². The molecular formula is C10H6F5O3-. The Labute approximate surface area is 98.2 Å². The summed E-state index contributed by atoms with van der Waals surface area (Å²) in [5.41, 5.74) is -4.48. The first-order chi connectivity index (χ1) is 8.10. The Hall–Kier alpha value is -1.78. The van der Waals surface area contributed by atoms with Gasteiger partial charge in [0.15, 0.2) is 6.17 Å². The highest BCUT2D eigenvalue weighted by Crippen LogP contribution is 2.50. The van der Waals surface area contributed by atoms with Gasteiger partial charge in [-0.1, -0.05) is 5.92 Å². The van der Waals surface area contributed by atoms with E-state index in [0.717, 1.165) is 12.8 Å². The summed E-state index contributed by atoms with van der Waals surface area (Å²) in [5.74, 6) is -6.30. The first-order valence-electron chi connectivity index (χ1n) is 4.53. The average molecular weight is 269 g/mol. The van der Waals surface area contributed by atoms with Crippen LogP contribution in [0.5, 0.6) is 0 Å². The predicted molar refractivity (Wildman–Crippen MR) is 46.6 cm³/mol. The van der Waals surface area contributed by atoms with Crippen LogP contribution in [-0.4, -0.2) is 29.8 Å². The van der Waals surface area contributed by atoms with Crippen molar-refractivity contribution in [3.63, 3.8) is 0 Å². The molecule has 18 heavy (non-hydrogen) atoms. The highest BCUT2D eigenvalue weighted by Gasteiger charge is 2.72. The minimum atomic E-state index is -4.92. The average Bonchev–Trinajstić information content (AvgIpc) is 2.23. The second-order valence-electron chi connectivity index (χ2n) is 3.41. The van der Waals surface area contributed by atoms with E-state index >= 15 is 0 Å². The van der Waals surface area contributed by atoms with Crippen LogP contribution < -0.4 is 5.11 Å². The molecule has 0 aromatic heterocycles. The second kappa shape index (κ2) is 4.15. The van der Waals surface area contributed by atoms with Gasteiger partial charge in [-0.2, -0.15) is 8.78 Å². The zero-order valence-corrected chi connectivity index (χ0v) is 8.85. The third-order valence-electron chi connectivity index (χ3n) is 2.28. The molecule has 0 radical (unpaired) electrons. The van der Waals surface area contributed by atoms with Crippen molar-refractivity contribution in [1.29, 1.82) is 0 Å². The molecule has 1 aliphatic carbocycles. The molecular weight excluding hydrogens is 263 g/mol. The smallest absolute Gasteiger partial charge is 0.332 e. The number of hydrogen-bond acceptors (Lipinski definition) is 3. The first-order valence-corrected chi connectivity index (χ1v) is 4.53. The van der Waals surface area contributed by atoms with Crippen molar-refractivity contribution in [1.82, 2.24) is 0 Å². The molecule has 0 spiro atoms. The van der Waals surface area contributed by atoms with Crippen molar-refractivity contribution in [2.45, 2.75) is 30.5 Å². The molecule has 1 rings (SSSR count). The van der Waals surface area contributed by atoms with Crippen LogP contribution in [0.4, 0.5) is 26.7 Å². The van der Waals surface area contributed by atoms with Gasteiger partial charge in [0.05, 0.1) is 0 Å². The molecule has 0 aromatic rings. The van der Waals surface area contributed by atoms with Crippen molar-refractivity contribution in [3.8, 4) is 11.8 Å². The van der Waals surface area contributed by atoms with Crippen LogP contribution in [0.25, 0.3) is 0 Å². The minimum Gasteiger partial charge on any atom is -0.507 e. The molecule has 0 heterocycles. The maximum atomic E-state index is 14.0. The Morgan fingerprint density at radius 1 is 1.39 bits per heavy atom. The molecule has 0 aromatic carbocycles. The molecule has 0 N–H and O–H groups in total. The van der Waals surface area contributed by atoms with Crippen LogP contribution in [0.1, 0.15) is 6.92 Å². The molecule has 0 aliphatic heterocycles. The maximum absolute atomic E-state index is 14.0. The van der Waals surface area contributed by atoms with Gasteiger partial charge in [0.2, 0.25) is 0 Å². The van der Waals surface area contributed by atoms with Crippen LogP contribution in [-0.2, 0) is 4.74 Å². The van der Waals surface area contributed by atoms with Crippen molar-refractivity contribution in [2.75, 3.05) is 0 Å². The lowest BCUT2D eigenvalue weighted by Crippen LogP contribution is -2.65. The second-order valence-corrected chi connectivity index (χ2v) is 3.41. The zero-order chi connectivity index (χ0) is 14.2. The molecule has 0 saturated carbocycles. The van der Waals surface area contributed by atoms with E-state index < -0.39 is 29.8 Å². The summed E-state index contributed by atoms with van der Waals surface area (Å²) in [7, 11) is 0. The summed E-state index contributed by atoms with van der Waals surface area (Å²) in [4.78, 5) is 10.1. The quantitative estimate of drug-likeness (QED) is 0.312. The van der Waals surface area contributed by atoms with Gasteiger partial charge in [-0.25, -0.2) is 13.2 Å². The highest BCUT2D eigenvalue weighted by molar-refractivity contribution is 5.56. The molecule has 0 amide bonds. The minimum absolute atomic E-state index is 0.0435.